The number of nitrogens with zero attached hydrogens (tertiary/aromatic N) is 3. The lowest BCUT2D eigenvalue weighted by Crippen LogP contribution is -2.38. The first-order valence-corrected chi connectivity index (χ1v) is 7.41. The molecule has 1 aromatic heterocycles. The molecule has 0 saturated carbocycles. The number of aromatic nitrogens is 2. The van der Waals surface area contributed by atoms with Gasteiger partial charge in [0.25, 0.3) is 0 Å². The van der Waals surface area contributed by atoms with Gasteiger partial charge in [0.2, 0.25) is 0 Å². The summed E-state index contributed by atoms with van der Waals surface area (Å²) in [5.74, 6) is 2.72. The van der Waals surface area contributed by atoms with Gasteiger partial charge in [-0.3, -0.25) is 0 Å². The molecule has 4 nitrogen and oxygen atoms in total. The standard InChI is InChI=1S/C15H23N3O/c1-11-10-15(17-12(2)16-11)18-7-5-13(6-8-18)14-4-3-9-19-14/h10,13-14H,3-9H2,1-2H3. The summed E-state index contributed by atoms with van der Waals surface area (Å²) in [5, 5.41) is 0. The van der Waals surface area contributed by atoms with Crippen LogP contribution in [-0.4, -0.2) is 35.8 Å². The molecule has 3 rings (SSSR count). The molecule has 0 spiro atoms. The number of piperidine rings is 1. The number of anilines is 1. The topological polar surface area (TPSA) is 38.2 Å². The average molecular weight is 261 g/mol. The second-order valence-corrected chi connectivity index (χ2v) is 5.79. The monoisotopic (exact) mass is 261 g/mol. The Morgan fingerprint density at radius 3 is 2.58 bits per heavy atom. The van der Waals surface area contributed by atoms with Crippen LogP contribution in [0.1, 0.15) is 37.2 Å². The van der Waals surface area contributed by atoms with Crippen molar-refractivity contribution in [3.63, 3.8) is 0 Å². The van der Waals surface area contributed by atoms with E-state index in [0.29, 0.717) is 6.10 Å². The fourth-order valence-corrected chi connectivity index (χ4v) is 3.33. The highest BCUT2D eigenvalue weighted by Crippen LogP contribution is 2.30. The molecule has 0 aliphatic carbocycles. The zero-order chi connectivity index (χ0) is 13.2. The molecular formula is C15H23N3O. The molecule has 2 aliphatic rings. The summed E-state index contributed by atoms with van der Waals surface area (Å²) in [6.45, 7) is 7.17. The van der Waals surface area contributed by atoms with Crippen molar-refractivity contribution in [2.75, 3.05) is 24.6 Å². The predicted molar refractivity (Wildman–Crippen MR) is 75.4 cm³/mol. The smallest absolute Gasteiger partial charge is 0.132 e. The maximum absolute atomic E-state index is 5.83. The molecule has 0 N–H and O–H groups in total. The van der Waals surface area contributed by atoms with Crippen molar-refractivity contribution in [3.8, 4) is 0 Å². The van der Waals surface area contributed by atoms with Crippen LogP contribution in [-0.2, 0) is 4.74 Å². The quantitative estimate of drug-likeness (QED) is 0.820. The Morgan fingerprint density at radius 2 is 1.95 bits per heavy atom. The van der Waals surface area contributed by atoms with E-state index >= 15 is 0 Å². The summed E-state index contributed by atoms with van der Waals surface area (Å²) in [6.07, 6.45) is 5.49. The number of hydrogen-bond acceptors (Lipinski definition) is 4. The van der Waals surface area contributed by atoms with E-state index in [1.54, 1.807) is 0 Å². The lowest BCUT2D eigenvalue weighted by molar-refractivity contribution is 0.0531. The van der Waals surface area contributed by atoms with Gasteiger partial charge in [0.1, 0.15) is 11.6 Å². The highest BCUT2D eigenvalue weighted by molar-refractivity contribution is 5.40. The Hall–Kier alpha value is -1.16. The van der Waals surface area contributed by atoms with Crippen LogP contribution in [0.2, 0.25) is 0 Å². The third-order valence-corrected chi connectivity index (χ3v) is 4.31. The Kier molecular flexibility index (Phi) is 3.69. The Morgan fingerprint density at radius 1 is 1.16 bits per heavy atom. The second-order valence-electron chi connectivity index (χ2n) is 5.79. The van der Waals surface area contributed by atoms with Crippen LogP contribution in [0.3, 0.4) is 0 Å². The first kappa shape index (κ1) is 12.9. The SMILES string of the molecule is Cc1cc(N2CCC(C3CCCO3)CC2)nc(C)n1. The van der Waals surface area contributed by atoms with Crippen LogP contribution in [0, 0.1) is 19.8 Å². The van der Waals surface area contributed by atoms with Gasteiger partial charge in [-0.15, -0.1) is 0 Å². The van der Waals surface area contributed by atoms with Gasteiger partial charge in [0, 0.05) is 31.5 Å². The summed E-state index contributed by atoms with van der Waals surface area (Å²) >= 11 is 0. The van der Waals surface area contributed by atoms with E-state index in [9.17, 15) is 0 Å². The van der Waals surface area contributed by atoms with Gasteiger partial charge < -0.3 is 9.64 Å². The van der Waals surface area contributed by atoms with Crippen molar-refractivity contribution in [3.05, 3.63) is 17.6 Å². The highest BCUT2D eigenvalue weighted by atomic mass is 16.5. The molecule has 1 aromatic rings. The van der Waals surface area contributed by atoms with E-state index < -0.39 is 0 Å². The highest BCUT2D eigenvalue weighted by Gasteiger charge is 2.29. The number of hydrogen-bond donors (Lipinski definition) is 0. The normalized spacial score (nSPS) is 24.9. The lowest BCUT2D eigenvalue weighted by atomic mass is 9.90. The molecule has 1 atom stereocenters. The average Bonchev–Trinajstić information content (AvgIpc) is 2.91. The first-order valence-electron chi connectivity index (χ1n) is 7.41. The van der Waals surface area contributed by atoms with Crippen LogP contribution in [0.25, 0.3) is 0 Å². The van der Waals surface area contributed by atoms with Crippen LogP contribution < -0.4 is 4.90 Å². The van der Waals surface area contributed by atoms with E-state index in [1.165, 1.54) is 25.7 Å². The minimum absolute atomic E-state index is 0.524. The van der Waals surface area contributed by atoms with E-state index in [2.05, 4.69) is 20.9 Å². The largest absolute Gasteiger partial charge is 0.378 e. The molecule has 1 unspecified atom stereocenters. The number of rotatable bonds is 2. The van der Waals surface area contributed by atoms with E-state index in [1.807, 2.05) is 13.8 Å². The zero-order valence-electron chi connectivity index (χ0n) is 11.9. The molecular weight excluding hydrogens is 238 g/mol. The van der Waals surface area contributed by atoms with Gasteiger partial charge in [-0.25, -0.2) is 9.97 Å². The Balaban J connectivity index is 1.63. The van der Waals surface area contributed by atoms with E-state index in [-0.39, 0.29) is 0 Å². The maximum Gasteiger partial charge on any atom is 0.132 e. The molecule has 2 fully saturated rings. The first-order chi connectivity index (χ1) is 9.22. The summed E-state index contributed by atoms with van der Waals surface area (Å²) < 4.78 is 5.83. The fraction of sp³-hybridized carbons (Fsp3) is 0.733. The van der Waals surface area contributed by atoms with Crippen LogP contribution in [0.5, 0.6) is 0 Å². The van der Waals surface area contributed by atoms with Crippen molar-refractivity contribution >= 4 is 5.82 Å². The lowest BCUT2D eigenvalue weighted by Gasteiger charge is -2.35. The minimum Gasteiger partial charge on any atom is -0.378 e. The molecule has 19 heavy (non-hydrogen) atoms. The third kappa shape index (κ3) is 2.89. The van der Waals surface area contributed by atoms with Crippen molar-refractivity contribution in [1.82, 2.24) is 9.97 Å². The van der Waals surface area contributed by atoms with Crippen LogP contribution >= 0.6 is 0 Å². The summed E-state index contributed by atoms with van der Waals surface area (Å²) in [5.41, 5.74) is 1.06. The van der Waals surface area contributed by atoms with E-state index in [4.69, 9.17) is 4.74 Å². The van der Waals surface area contributed by atoms with Gasteiger partial charge in [-0.2, -0.15) is 0 Å². The molecule has 2 saturated heterocycles. The maximum atomic E-state index is 5.83. The number of ether oxygens (including phenoxy) is 1. The van der Waals surface area contributed by atoms with Gasteiger partial charge in [0.05, 0.1) is 6.10 Å². The van der Waals surface area contributed by atoms with Gasteiger partial charge in [0.15, 0.2) is 0 Å². The fourth-order valence-electron chi connectivity index (χ4n) is 3.33. The van der Waals surface area contributed by atoms with Crippen molar-refractivity contribution in [2.45, 2.75) is 45.6 Å². The van der Waals surface area contributed by atoms with Gasteiger partial charge in [-0.1, -0.05) is 0 Å². The van der Waals surface area contributed by atoms with Gasteiger partial charge in [-0.05, 0) is 45.4 Å². The van der Waals surface area contributed by atoms with E-state index in [0.717, 1.165) is 43.0 Å². The zero-order valence-corrected chi connectivity index (χ0v) is 11.9. The summed E-state index contributed by atoms with van der Waals surface area (Å²) in [6, 6.07) is 2.10. The molecule has 0 aromatic carbocycles. The number of aryl methyl sites for hydroxylation is 2. The van der Waals surface area contributed by atoms with Gasteiger partial charge >= 0.3 is 0 Å². The van der Waals surface area contributed by atoms with Crippen molar-refractivity contribution in [2.24, 2.45) is 5.92 Å². The molecule has 0 bridgehead atoms. The Labute approximate surface area is 115 Å². The molecule has 3 heterocycles. The second kappa shape index (κ2) is 5.45. The Bertz CT molecular complexity index is 415. The molecule has 0 radical (unpaired) electrons. The summed E-state index contributed by atoms with van der Waals surface area (Å²) in [4.78, 5) is 11.3. The molecule has 4 heteroatoms. The molecule has 104 valence electrons. The van der Waals surface area contributed by atoms with Crippen molar-refractivity contribution in [1.29, 1.82) is 0 Å². The predicted octanol–water partition coefficient (Wildman–Crippen LogP) is 2.49. The molecule has 0 amide bonds. The third-order valence-electron chi connectivity index (χ3n) is 4.31. The van der Waals surface area contributed by atoms with Crippen molar-refractivity contribution < 1.29 is 4.74 Å². The minimum atomic E-state index is 0.524. The van der Waals surface area contributed by atoms with Crippen LogP contribution in [0.4, 0.5) is 5.82 Å². The summed E-state index contributed by atoms with van der Waals surface area (Å²) in [7, 11) is 0. The molecule has 2 aliphatic heterocycles. The van der Waals surface area contributed by atoms with Crippen LogP contribution in [0.15, 0.2) is 6.07 Å².